The van der Waals surface area contributed by atoms with Crippen molar-refractivity contribution in [2.75, 3.05) is 13.1 Å². The van der Waals surface area contributed by atoms with Crippen LogP contribution in [0.4, 0.5) is 4.39 Å². The van der Waals surface area contributed by atoms with Crippen molar-refractivity contribution < 1.29 is 8.91 Å². The molecule has 1 fully saturated rings. The van der Waals surface area contributed by atoms with Crippen LogP contribution in [0.5, 0.6) is 0 Å². The molecule has 0 unspecified atom stereocenters. The highest BCUT2D eigenvalue weighted by molar-refractivity contribution is 5.53. The number of hydrogen-bond acceptors (Lipinski definition) is 4. The molecule has 1 aromatic heterocycles. The topological polar surface area (TPSA) is 51.0 Å². The molecule has 2 heterocycles. The van der Waals surface area contributed by atoms with E-state index in [0.717, 1.165) is 25.1 Å². The third kappa shape index (κ3) is 2.06. The monoisotopic (exact) mass is 233 g/mol. The van der Waals surface area contributed by atoms with Crippen LogP contribution in [-0.2, 0) is 0 Å². The highest BCUT2D eigenvalue weighted by atomic mass is 19.1. The predicted molar refractivity (Wildman–Crippen MR) is 59.9 cm³/mol. The van der Waals surface area contributed by atoms with Gasteiger partial charge >= 0.3 is 0 Å². The zero-order chi connectivity index (χ0) is 11.7. The SMILES string of the molecule is Fc1ccc(-c2noc([C@H]3CCNC3)n2)cc1. The maximum atomic E-state index is 12.8. The lowest BCUT2D eigenvalue weighted by molar-refractivity contribution is 0.359. The minimum Gasteiger partial charge on any atom is -0.339 e. The average molecular weight is 233 g/mol. The van der Waals surface area contributed by atoms with E-state index in [0.29, 0.717) is 17.6 Å². The van der Waals surface area contributed by atoms with Gasteiger partial charge in [0.2, 0.25) is 11.7 Å². The van der Waals surface area contributed by atoms with E-state index in [4.69, 9.17) is 4.52 Å². The Labute approximate surface area is 97.8 Å². The number of nitrogens with zero attached hydrogens (tertiary/aromatic N) is 2. The summed E-state index contributed by atoms with van der Waals surface area (Å²) in [5.41, 5.74) is 0.771. The van der Waals surface area contributed by atoms with Crippen LogP contribution < -0.4 is 5.32 Å². The third-order valence-corrected chi connectivity index (χ3v) is 2.95. The van der Waals surface area contributed by atoms with Gasteiger partial charge in [-0.3, -0.25) is 0 Å². The summed E-state index contributed by atoms with van der Waals surface area (Å²) in [6.45, 7) is 1.87. The highest BCUT2D eigenvalue weighted by Crippen LogP contribution is 2.23. The van der Waals surface area contributed by atoms with Gasteiger partial charge in [0.05, 0.1) is 5.92 Å². The Morgan fingerprint density at radius 3 is 2.82 bits per heavy atom. The fourth-order valence-electron chi connectivity index (χ4n) is 1.98. The van der Waals surface area contributed by atoms with Gasteiger partial charge in [0.15, 0.2) is 0 Å². The summed E-state index contributed by atoms with van der Waals surface area (Å²) in [6, 6.07) is 6.08. The largest absolute Gasteiger partial charge is 0.339 e. The van der Waals surface area contributed by atoms with Crippen LogP contribution in [0, 0.1) is 5.82 Å². The highest BCUT2D eigenvalue weighted by Gasteiger charge is 2.22. The summed E-state index contributed by atoms with van der Waals surface area (Å²) in [6.07, 6.45) is 1.02. The van der Waals surface area contributed by atoms with Crippen LogP contribution in [0.15, 0.2) is 28.8 Å². The first-order valence-corrected chi connectivity index (χ1v) is 5.63. The lowest BCUT2D eigenvalue weighted by Crippen LogP contribution is -2.08. The number of halogens is 1. The number of aromatic nitrogens is 2. The molecule has 0 aliphatic carbocycles. The van der Waals surface area contributed by atoms with Crippen molar-refractivity contribution in [3.05, 3.63) is 36.0 Å². The molecule has 0 spiro atoms. The van der Waals surface area contributed by atoms with E-state index < -0.39 is 0 Å². The minimum atomic E-state index is -0.266. The molecule has 5 heteroatoms. The van der Waals surface area contributed by atoms with E-state index in [1.807, 2.05) is 0 Å². The number of benzene rings is 1. The molecule has 17 heavy (non-hydrogen) atoms. The summed E-state index contributed by atoms with van der Waals surface area (Å²) >= 11 is 0. The standard InChI is InChI=1S/C12H12FN3O/c13-10-3-1-8(2-4-10)11-15-12(17-16-11)9-5-6-14-7-9/h1-4,9,14H,5-7H2/t9-/m0/s1. The molecule has 0 bridgehead atoms. The molecule has 1 aliphatic heterocycles. The van der Waals surface area contributed by atoms with Crippen LogP contribution in [0.1, 0.15) is 18.2 Å². The maximum absolute atomic E-state index is 12.8. The molecule has 1 N–H and O–H groups in total. The zero-order valence-electron chi connectivity index (χ0n) is 9.19. The summed E-state index contributed by atoms with van der Waals surface area (Å²) < 4.78 is 18.0. The van der Waals surface area contributed by atoms with Crippen LogP contribution in [0.3, 0.4) is 0 Å². The summed E-state index contributed by atoms with van der Waals surface area (Å²) in [5.74, 6) is 1.22. The Bertz CT molecular complexity index is 503. The van der Waals surface area contributed by atoms with Crippen molar-refractivity contribution in [3.8, 4) is 11.4 Å². The molecule has 1 aromatic carbocycles. The van der Waals surface area contributed by atoms with Gasteiger partial charge < -0.3 is 9.84 Å². The predicted octanol–water partition coefficient (Wildman–Crippen LogP) is 1.95. The summed E-state index contributed by atoms with van der Waals surface area (Å²) in [7, 11) is 0. The van der Waals surface area contributed by atoms with Crippen molar-refractivity contribution in [2.24, 2.45) is 0 Å². The first kappa shape index (κ1) is 10.4. The first-order chi connectivity index (χ1) is 8.33. The fourth-order valence-corrected chi connectivity index (χ4v) is 1.98. The van der Waals surface area contributed by atoms with Crippen molar-refractivity contribution in [2.45, 2.75) is 12.3 Å². The Morgan fingerprint density at radius 1 is 1.29 bits per heavy atom. The van der Waals surface area contributed by atoms with Crippen LogP contribution in [0.2, 0.25) is 0 Å². The second-order valence-corrected chi connectivity index (χ2v) is 4.15. The van der Waals surface area contributed by atoms with Gasteiger partial charge in [-0.25, -0.2) is 4.39 Å². The lowest BCUT2D eigenvalue weighted by atomic mass is 10.1. The van der Waals surface area contributed by atoms with Crippen molar-refractivity contribution in [1.29, 1.82) is 0 Å². The molecule has 0 amide bonds. The van der Waals surface area contributed by atoms with Gasteiger partial charge in [0.25, 0.3) is 0 Å². The van der Waals surface area contributed by atoms with E-state index >= 15 is 0 Å². The fraction of sp³-hybridized carbons (Fsp3) is 0.333. The van der Waals surface area contributed by atoms with E-state index in [9.17, 15) is 4.39 Å². The molecular weight excluding hydrogens is 221 g/mol. The molecule has 1 saturated heterocycles. The average Bonchev–Trinajstić information content (AvgIpc) is 3.00. The van der Waals surface area contributed by atoms with Crippen LogP contribution in [-0.4, -0.2) is 23.2 Å². The quantitative estimate of drug-likeness (QED) is 0.861. The van der Waals surface area contributed by atoms with Gasteiger partial charge in [-0.1, -0.05) is 5.16 Å². The van der Waals surface area contributed by atoms with E-state index in [1.165, 1.54) is 12.1 Å². The van der Waals surface area contributed by atoms with Crippen LogP contribution >= 0.6 is 0 Å². The van der Waals surface area contributed by atoms with Gasteiger partial charge in [0, 0.05) is 12.1 Å². The van der Waals surface area contributed by atoms with Crippen molar-refractivity contribution in [1.82, 2.24) is 15.5 Å². The molecule has 88 valence electrons. The number of rotatable bonds is 2. The van der Waals surface area contributed by atoms with Gasteiger partial charge in [-0.05, 0) is 37.2 Å². The minimum absolute atomic E-state index is 0.266. The molecule has 0 radical (unpaired) electrons. The smallest absolute Gasteiger partial charge is 0.231 e. The van der Waals surface area contributed by atoms with Crippen LogP contribution in [0.25, 0.3) is 11.4 Å². The van der Waals surface area contributed by atoms with Crippen molar-refractivity contribution in [3.63, 3.8) is 0 Å². The molecule has 3 rings (SSSR count). The molecule has 4 nitrogen and oxygen atoms in total. The Hall–Kier alpha value is -1.75. The molecule has 0 saturated carbocycles. The second-order valence-electron chi connectivity index (χ2n) is 4.15. The number of nitrogens with one attached hydrogen (secondary N) is 1. The first-order valence-electron chi connectivity index (χ1n) is 5.63. The summed E-state index contributed by atoms with van der Waals surface area (Å²) in [4.78, 5) is 4.35. The summed E-state index contributed by atoms with van der Waals surface area (Å²) in [5, 5.41) is 7.17. The maximum Gasteiger partial charge on any atom is 0.231 e. The molecule has 2 aromatic rings. The van der Waals surface area contributed by atoms with Crippen molar-refractivity contribution >= 4 is 0 Å². The normalized spacial score (nSPS) is 19.7. The number of hydrogen-bond donors (Lipinski definition) is 1. The molecule has 1 aliphatic rings. The Balaban J connectivity index is 1.86. The van der Waals surface area contributed by atoms with Gasteiger partial charge in [-0.15, -0.1) is 0 Å². The zero-order valence-corrected chi connectivity index (χ0v) is 9.19. The Morgan fingerprint density at radius 2 is 2.12 bits per heavy atom. The third-order valence-electron chi connectivity index (χ3n) is 2.95. The van der Waals surface area contributed by atoms with Gasteiger partial charge in [-0.2, -0.15) is 4.98 Å². The molecular formula is C12H12FN3O. The Kier molecular flexibility index (Phi) is 2.60. The van der Waals surface area contributed by atoms with E-state index in [2.05, 4.69) is 15.5 Å². The van der Waals surface area contributed by atoms with E-state index in [1.54, 1.807) is 12.1 Å². The lowest BCUT2D eigenvalue weighted by Gasteiger charge is -1.98. The van der Waals surface area contributed by atoms with E-state index in [-0.39, 0.29) is 5.82 Å². The van der Waals surface area contributed by atoms with Gasteiger partial charge in [0.1, 0.15) is 5.82 Å². The molecule has 1 atom stereocenters. The second kappa shape index (κ2) is 4.25.